The zero-order valence-corrected chi connectivity index (χ0v) is 12.5. The highest BCUT2D eigenvalue weighted by atomic mass is 15.2. The van der Waals surface area contributed by atoms with Crippen LogP contribution in [-0.2, 0) is 0 Å². The standard InChI is InChI=1S/C16H27N3/c1-12(2)11-19(15-6-4-5-7-15)16-10-14(13(3)17)8-9-18-16/h8-10,12-13,15H,4-7,11,17H2,1-3H3/t13-/m0/s1. The molecule has 106 valence electrons. The largest absolute Gasteiger partial charge is 0.353 e. The number of hydrogen-bond donors (Lipinski definition) is 1. The number of nitrogens with two attached hydrogens (primary N) is 1. The molecule has 1 heterocycles. The predicted molar refractivity (Wildman–Crippen MR) is 81.3 cm³/mol. The van der Waals surface area contributed by atoms with Crippen LogP contribution < -0.4 is 10.6 Å². The van der Waals surface area contributed by atoms with Gasteiger partial charge in [-0.1, -0.05) is 26.7 Å². The molecule has 1 atom stereocenters. The van der Waals surface area contributed by atoms with Gasteiger partial charge in [-0.3, -0.25) is 0 Å². The van der Waals surface area contributed by atoms with Gasteiger partial charge in [0.25, 0.3) is 0 Å². The van der Waals surface area contributed by atoms with Crippen molar-refractivity contribution in [2.75, 3.05) is 11.4 Å². The Labute approximate surface area is 117 Å². The zero-order valence-electron chi connectivity index (χ0n) is 12.5. The molecule has 1 fully saturated rings. The second kappa shape index (κ2) is 6.38. The summed E-state index contributed by atoms with van der Waals surface area (Å²) in [6.07, 6.45) is 7.21. The maximum atomic E-state index is 5.99. The summed E-state index contributed by atoms with van der Waals surface area (Å²) in [6, 6.07) is 4.94. The first kappa shape index (κ1) is 14.3. The van der Waals surface area contributed by atoms with E-state index in [0.29, 0.717) is 12.0 Å². The van der Waals surface area contributed by atoms with Crippen molar-refractivity contribution in [3.8, 4) is 0 Å². The van der Waals surface area contributed by atoms with E-state index in [1.807, 2.05) is 19.2 Å². The van der Waals surface area contributed by atoms with Crippen molar-refractivity contribution in [2.45, 2.75) is 58.5 Å². The summed E-state index contributed by atoms with van der Waals surface area (Å²) in [5.74, 6) is 1.76. The van der Waals surface area contributed by atoms with Gasteiger partial charge < -0.3 is 10.6 Å². The van der Waals surface area contributed by atoms with Crippen molar-refractivity contribution in [1.29, 1.82) is 0 Å². The highest BCUT2D eigenvalue weighted by Crippen LogP contribution is 2.28. The summed E-state index contributed by atoms with van der Waals surface area (Å²) in [6.45, 7) is 7.66. The van der Waals surface area contributed by atoms with Crippen LogP contribution in [0.2, 0.25) is 0 Å². The lowest BCUT2D eigenvalue weighted by molar-refractivity contribution is 0.531. The Balaban J connectivity index is 2.23. The Morgan fingerprint density at radius 1 is 1.32 bits per heavy atom. The van der Waals surface area contributed by atoms with E-state index in [2.05, 4.69) is 29.8 Å². The van der Waals surface area contributed by atoms with E-state index in [1.54, 1.807) is 0 Å². The van der Waals surface area contributed by atoms with Gasteiger partial charge in [-0.15, -0.1) is 0 Å². The molecule has 0 amide bonds. The molecule has 2 N–H and O–H groups in total. The van der Waals surface area contributed by atoms with Crippen LogP contribution in [0.4, 0.5) is 5.82 Å². The fourth-order valence-electron chi connectivity index (χ4n) is 2.91. The van der Waals surface area contributed by atoms with E-state index in [1.165, 1.54) is 31.2 Å². The highest BCUT2D eigenvalue weighted by molar-refractivity contribution is 5.43. The molecule has 0 unspecified atom stereocenters. The van der Waals surface area contributed by atoms with E-state index in [0.717, 1.165) is 12.4 Å². The van der Waals surface area contributed by atoms with Crippen molar-refractivity contribution >= 4 is 5.82 Å². The summed E-state index contributed by atoms with van der Waals surface area (Å²) in [4.78, 5) is 7.09. The lowest BCUT2D eigenvalue weighted by Gasteiger charge is -2.32. The molecule has 2 rings (SSSR count). The molecule has 0 spiro atoms. The summed E-state index contributed by atoms with van der Waals surface area (Å²) in [5.41, 5.74) is 7.17. The highest BCUT2D eigenvalue weighted by Gasteiger charge is 2.24. The normalized spacial score (nSPS) is 17.9. The quantitative estimate of drug-likeness (QED) is 0.882. The second-order valence-electron chi connectivity index (χ2n) is 6.22. The average Bonchev–Trinajstić information content (AvgIpc) is 2.89. The lowest BCUT2D eigenvalue weighted by Crippen LogP contribution is -2.37. The fraction of sp³-hybridized carbons (Fsp3) is 0.688. The third-order valence-electron chi connectivity index (χ3n) is 3.92. The third kappa shape index (κ3) is 3.69. The number of anilines is 1. The number of nitrogens with zero attached hydrogens (tertiary/aromatic N) is 2. The fourth-order valence-corrected chi connectivity index (χ4v) is 2.91. The molecule has 1 aliphatic carbocycles. The Kier molecular flexibility index (Phi) is 4.81. The molecule has 0 bridgehead atoms. The molecule has 1 saturated carbocycles. The van der Waals surface area contributed by atoms with Crippen molar-refractivity contribution < 1.29 is 0 Å². The molecule has 1 aliphatic rings. The summed E-state index contributed by atoms with van der Waals surface area (Å²) in [5, 5.41) is 0. The Hall–Kier alpha value is -1.09. The van der Waals surface area contributed by atoms with Gasteiger partial charge in [0.15, 0.2) is 0 Å². The lowest BCUT2D eigenvalue weighted by atomic mass is 10.1. The molecule has 1 aromatic rings. The Morgan fingerprint density at radius 3 is 2.58 bits per heavy atom. The van der Waals surface area contributed by atoms with Crippen molar-refractivity contribution in [1.82, 2.24) is 4.98 Å². The topological polar surface area (TPSA) is 42.1 Å². The maximum Gasteiger partial charge on any atom is 0.129 e. The van der Waals surface area contributed by atoms with Crippen LogP contribution in [0.3, 0.4) is 0 Å². The summed E-state index contributed by atoms with van der Waals surface area (Å²) >= 11 is 0. The smallest absolute Gasteiger partial charge is 0.129 e. The van der Waals surface area contributed by atoms with Crippen molar-refractivity contribution in [3.63, 3.8) is 0 Å². The summed E-state index contributed by atoms with van der Waals surface area (Å²) < 4.78 is 0. The van der Waals surface area contributed by atoms with Crippen LogP contribution in [0, 0.1) is 5.92 Å². The molecule has 0 radical (unpaired) electrons. The molecular formula is C16H27N3. The van der Waals surface area contributed by atoms with E-state index in [-0.39, 0.29) is 6.04 Å². The van der Waals surface area contributed by atoms with Crippen LogP contribution in [0.1, 0.15) is 58.1 Å². The Morgan fingerprint density at radius 2 is 2.00 bits per heavy atom. The van der Waals surface area contributed by atoms with Crippen LogP contribution in [0.5, 0.6) is 0 Å². The SMILES string of the molecule is CC(C)CN(c1cc([C@H](C)N)ccn1)C1CCCC1. The average molecular weight is 261 g/mol. The van der Waals surface area contributed by atoms with Crippen LogP contribution in [-0.4, -0.2) is 17.6 Å². The van der Waals surface area contributed by atoms with Gasteiger partial charge in [0.05, 0.1) is 0 Å². The molecule has 0 aromatic carbocycles. The number of hydrogen-bond acceptors (Lipinski definition) is 3. The first-order valence-electron chi connectivity index (χ1n) is 7.56. The van der Waals surface area contributed by atoms with Crippen LogP contribution in [0.15, 0.2) is 18.3 Å². The monoisotopic (exact) mass is 261 g/mol. The first-order valence-corrected chi connectivity index (χ1v) is 7.56. The van der Waals surface area contributed by atoms with E-state index >= 15 is 0 Å². The number of pyridine rings is 1. The minimum Gasteiger partial charge on any atom is -0.353 e. The van der Waals surface area contributed by atoms with E-state index in [4.69, 9.17) is 5.73 Å². The maximum absolute atomic E-state index is 5.99. The predicted octanol–water partition coefficient (Wildman–Crippen LogP) is 3.51. The van der Waals surface area contributed by atoms with Crippen LogP contribution >= 0.6 is 0 Å². The first-order chi connectivity index (χ1) is 9.08. The number of aromatic nitrogens is 1. The summed E-state index contributed by atoms with van der Waals surface area (Å²) in [7, 11) is 0. The molecule has 3 nitrogen and oxygen atoms in total. The molecule has 19 heavy (non-hydrogen) atoms. The van der Waals surface area contributed by atoms with Gasteiger partial charge >= 0.3 is 0 Å². The van der Waals surface area contributed by atoms with Gasteiger partial charge in [-0.25, -0.2) is 4.98 Å². The zero-order chi connectivity index (χ0) is 13.8. The molecular weight excluding hydrogens is 234 g/mol. The van der Waals surface area contributed by atoms with Crippen molar-refractivity contribution in [3.05, 3.63) is 23.9 Å². The van der Waals surface area contributed by atoms with Gasteiger partial charge in [0.1, 0.15) is 5.82 Å². The molecule has 1 aromatic heterocycles. The second-order valence-corrected chi connectivity index (χ2v) is 6.22. The molecule has 0 saturated heterocycles. The van der Waals surface area contributed by atoms with Crippen LogP contribution in [0.25, 0.3) is 0 Å². The molecule has 0 aliphatic heterocycles. The number of rotatable bonds is 5. The van der Waals surface area contributed by atoms with E-state index in [9.17, 15) is 0 Å². The third-order valence-corrected chi connectivity index (χ3v) is 3.92. The minimum atomic E-state index is 0.0752. The molecule has 3 heteroatoms. The van der Waals surface area contributed by atoms with E-state index < -0.39 is 0 Å². The van der Waals surface area contributed by atoms with Gasteiger partial charge in [0, 0.05) is 24.8 Å². The van der Waals surface area contributed by atoms with Crippen molar-refractivity contribution in [2.24, 2.45) is 11.7 Å². The van der Waals surface area contributed by atoms with Gasteiger partial charge in [0.2, 0.25) is 0 Å². The minimum absolute atomic E-state index is 0.0752. The Bertz CT molecular complexity index is 395. The van der Waals surface area contributed by atoms with Gasteiger partial charge in [-0.05, 0) is 43.4 Å². The van der Waals surface area contributed by atoms with Gasteiger partial charge in [-0.2, -0.15) is 0 Å².